The second kappa shape index (κ2) is 9.76. The van der Waals surface area contributed by atoms with Crippen LogP contribution in [0.2, 0.25) is 0 Å². The Bertz CT molecular complexity index is 1020. The molecule has 1 heterocycles. The molecule has 0 radical (unpaired) electrons. The van der Waals surface area contributed by atoms with E-state index in [1.807, 2.05) is 60.7 Å². The zero-order valence-electron chi connectivity index (χ0n) is 16.6. The molecule has 0 aromatic heterocycles. The summed E-state index contributed by atoms with van der Waals surface area (Å²) in [6, 6.07) is 26.7. The molecular formula is C25H23N3O2. The molecule has 0 amide bonds. The van der Waals surface area contributed by atoms with E-state index >= 15 is 0 Å². The van der Waals surface area contributed by atoms with Crippen LogP contribution >= 0.6 is 0 Å². The predicted octanol–water partition coefficient (Wildman–Crippen LogP) is 4.23. The first kappa shape index (κ1) is 19.7. The van der Waals surface area contributed by atoms with Gasteiger partial charge in [0.15, 0.2) is 0 Å². The summed E-state index contributed by atoms with van der Waals surface area (Å²) in [5.41, 5.74) is 3.75. The van der Waals surface area contributed by atoms with Crippen molar-refractivity contribution in [2.45, 2.75) is 0 Å². The average molecular weight is 397 g/mol. The van der Waals surface area contributed by atoms with Crippen LogP contribution in [-0.2, 0) is 4.74 Å². The summed E-state index contributed by atoms with van der Waals surface area (Å²) in [5, 5.41) is 8.50. The predicted molar refractivity (Wildman–Crippen MR) is 121 cm³/mol. The Hall–Kier alpha value is -3.57. The Morgan fingerprint density at radius 2 is 1.40 bits per heavy atom. The fourth-order valence-corrected chi connectivity index (χ4v) is 3.30. The lowest BCUT2D eigenvalue weighted by atomic mass is 10.0. The Balaban J connectivity index is 1.55. The standard InChI is InChI=1S/C25H23N3O2/c29-25(22-9-5-2-6-10-22)24(21-7-3-1-4-8-21)27-26-19-20-11-13-23(14-12-20)28-15-17-30-18-16-28/h1-14,19H,15-18H2. The monoisotopic (exact) mass is 397 g/mol. The van der Waals surface area contributed by atoms with Gasteiger partial charge in [0, 0.05) is 29.9 Å². The van der Waals surface area contributed by atoms with Gasteiger partial charge in [-0.3, -0.25) is 4.79 Å². The van der Waals surface area contributed by atoms with Crippen LogP contribution < -0.4 is 4.90 Å². The smallest absolute Gasteiger partial charge is 0.213 e. The number of carbonyl (C=O) groups excluding carboxylic acids is 1. The molecule has 150 valence electrons. The Morgan fingerprint density at radius 3 is 2.03 bits per heavy atom. The van der Waals surface area contributed by atoms with Gasteiger partial charge in [-0.1, -0.05) is 72.8 Å². The third-order valence-electron chi connectivity index (χ3n) is 4.93. The quantitative estimate of drug-likeness (QED) is 0.355. The van der Waals surface area contributed by atoms with E-state index in [9.17, 15) is 4.79 Å². The molecule has 5 nitrogen and oxygen atoms in total. The minimum absolute atomic E-state index is 0.151. The molecular weight excluding hydrogens is 374 g/mol. The topological polar surface area (TPSA) is 54.3 Å². The van der Waals surface area contributed by atoms with Gasteiger partial charge in [0.1, 0.15) is 5.71 Å². The molecule has 0 unspecified atom stereocenters. The molecule has 1 aliphatic rings. The first-order valence-electron chi connectivity index (χ1n) is 10.0. The number of carbonyl (C=O) groups is 1. The van der Waals surface area contributed by atoms with Crippen molar-refractivity contribution < 1.29 is 9.53 Å². The number of ether oxygens (including phenoxy) is 1. The van der Waals surface area contributed by atoms with E-state index in [0.29, 0.717) is 11.3 Å². The van der Waals surface area contributed by atoms with Gasteiger partial charge in [-0.15, -0.1) is 5.10 Å². The molecule has 0 atom stereocenters. The number of hydrogen-bond donors (Lipinski definition) is 0. The first-order chi connectivity index (χ1) is 14.8. The van der Waals surface area contributed by atoms with E-state index in [4.69, 9.17) is 4.74 Å². The van der Waals surface area contributed by atoms with Gasteiger partial charge < -0.3 is 9.64 Å². The van der Waals surface area contributed by atoms with Crippen LogP contribution in [-0.4, -0.2) is 44.0 Å². The van der Waals surface area contributed by atoms with Gasteiger partial charge in [-0.05, 0) is 17.7 Å². The molecule has 0 saturated carbocycles. The Morgan fingerprint density at radius 1 is 0.800 bits per heavy atom. The Labute approximate surface area is 176 Å². The maximum atomic E-state index is 13.0. The van der Waals surface area contributed by atoms with Crippen molar-refractivity contribution in [1.29, 1.82) is 0 Å². The molecule has 3 aromatic carbocycles. The zero-order valence-corrected chi connectivity index (χ0v) is 16.6. The number of anilines is 1. The number of nitrogens with zero attached hydrogens (tertiary/aromatic N) is 3. The molecule has 0 bridgehead atoms. The average Bonchev–Trinajstić information content (AvgIpc) is 2.83. The summed E-state index contributed by atoms with van der Waals surface area (Å²) in [7, 11) is 0. The van der Waals surface area contributed by atoms with Crippen LogP contribution in [0.1, 0.15) is 21.5 Å². The lowest BCUT2D eigenvalue weighted by molar-refractivity contribution is 0.106. The van der Waals surface area contributed by atoms with Gasteiger partial charge in [-0.2, -0.15) is 5.10 Å². The summed E-state index contributed by atoms with van der Waals surface area (Å²) in [6.07, 6.45) is 1.67. The fourth-order valence-electron chi connectivity index (χ4n) is 3.30. The van der Waals surface area contributed by atoms with Crippen molar-refractivity contribution >= 4 is 23.4 Å². The van der Waals surface area contributed by atoms with Crippen molar-refractivity contribution in [1.82, 2.24) is 0 Å². The minimum Gasteiger partial charge on any atom is -0.378 e. The van der Waals surface area contributed by atoms with E-state index in [2.05, 4.69) is 27.2 Å². The summed E-state index contributed by atoms with van der Waals surface area (Å²) in [4.78, 5) is 15.3. The van der Waals surface area contributed by atoms with E-state index in [1.165, 1.54) is 5.69 Å². The van der Waals surface area contributed by atoms with E-state index < -0.39 is 0 Å². The fraction of sp³-hybridized carbons (Fsp3) is 0.160. The van der Waals surface area contributed by atoms with Gasteiger partial charge >= 0.3 is 0 Å². The molecule has 1 fully saturated rings. The number of Topliss-reactive ketones (excluding diaryl/α,β-unsaturated/α-hetero) is 1. The van der Waals surface area contributed by atoms with Crippen LogP contribution in [0.4, 0.5) is 5.69 Å². The summed E-state index contributed by atoms with van der Waals surface area (Å²) in [5.74, 6) is -0.151. The molecule has 0 spiro atoms. The molecule has 3 aromatic rings. The van der Waals surface area contributed by atoms with Crippen molar-refractivity contribution in [3.63, 3.8) is 0 Å². The highest BCUT2D eigenvalue weighted by Gasteiger charge is 2.16. The number of morpholine rings is 1. The van der Waals surface area contributed by atoms with Crippen LogP contribution in [0.3, 0.4) is 0 Å². The van der Waals surface area contributed by atoms with Crippen molar-refractivity contribution in [3.8, 4) is 0 Å². The van der Waals surface area contributed by atoms with Crippen molar-refractivity contribution in [2.24, 2.45) is 10.2 Å². The molecule has 1 aliphatic heterocycles. The Kier molecular flexibility index (Phi) is 6.42. The maximum absolute atomic E-state index is 13.0. The number of benzene rings is 3. The van der Waals surface area contributed by atoms with E-state index in [0.717, 1.165) is 37.4 Å². The molecule has 5 heteroatoms. The number of rotatable bonds is 6. The molecule has 0 N–H and O–H groups in total. The van der Waals surface area contributed by atoms with Crippen LogP contribution in [0.25, 0.3) is 0 Å². The summed E-state index contributed by atoms with van der Waals surface area (Å²) >= 11 is 0. The molecule has 4 rings (SSSR count). The van der Waals surface area contributed by atoms with E-state index in [-0.39, 0.29) is 5.78 Å². The number of hydrogen-bond acceptors (Lipinski definition) is 5. The molecule has 1 saturated heterocycles. The lowest BCUT2D eigenvalue weighted by Gasteiger charge is -2.28. The number of ketones is 1. The highest BCUT2D eigenvalue weighted by atomic mass is 16.5. The second-order valence-electron chi connectivity index (χ2n) is 6.95. The van der Waals surface area contributed by atoms with Gasteiger partial charge in [0.25, 0.3) is 0 Å². The first-order valence-corrected chi connectivity index (χ1v) is 10.0. The van der Waals surface area contributed by atoms with Gasteiger partial charge in [0.2, 0.25) is 5.78 Å². The zero-order chi connectivity index (χ0) is 20.6. The van der Waals surface area contributed by atoms with E-state index in [1.54, 1.807) is 18.3 Å². The maximum Gasteiger partial charge on any atom is 0.213 e. The minimum atomic E-state index is -0.151. The summed E-state index contributed by atoms with van der Waals surface area (Å²) in [6.45, 7) is 3.32. The summed E-state index contributed by atoms with van der Waals surface area (Å²) < 4.78 is 5.40. The van der Waals surface area contributed by atoms with Crippen LogP contribution in [0, 0.1) is 0 Å². The molecule has 0 aliphatic carbocycles. The largest absolute Gasteiger partial charge is 0.378 e. The highest BCUT2D eigenvalue weighted by Crippen LogP contribution is 2.16. The van der Waals surface area contributed by atoms with Gasteiger partial charge in [-0.25, -0.2) is 0 Å². The van der Waals surface area contributed by atoms with Crippen LogP contribution in [0.5, 0.6) is 0 Å². The third kappa shape index (κ3) is 4.88. The SMILES string of the molecule is O=C(C(=NN=Cc1ccc(N2CCOCC2)cc1)c1ccccc1)c1ccccc1. The van der Waals surface area contributed by atoms with Crippen LogP contribution in [0.15, 0.2) is 95.1 Å². The lowest BCUT2D eigenvalue weighted by Crippen LogP contribution is -2.36. The molecule has 30 heavy (non-hydrogen) atoms. The second-order valence-corrected chi connectivity index (χ2v) is 6.95. The van der Waals surface area contributed by atoms with Crippen molar-refractivity contribution in [2.75, 3.05) is 31.2 Å². The van der Waals surface area contributed by atoms with Gasteiger partial charge in [0.05, 0.1) is 19.4 Å². The normalized spacial score (nSPS) is 14.8. The van der Waals surface area contributed by atoms with Crippen molar-refractivity contribution in [3.05, 3.63) is 102 Å². The third-order valence-corrected chi connectivity index (χ3v) is 4.93. The highest BCUT2D eigenvalue weighted by molar-refractivity contribution is 6.51.